The summed E-state index contributed by atoms with van der Waals surface area (Å²) < 4.78 is 51.2. The zero-order valence-electron chi connectivity index (χ0n) is 21.5. The van der Waals surface area contributed by atoms with E-state index >= 15 is 0 Å². The van der Waals surface area contributed by atoms with Gasteiger partial charge in [-0.1, -0.05) is 61.9 Å². The van der Waals surface area contributed by atoms with Crippen LogP contribution in [0.4, 0.5) is 13.2 Å². The van der Waals surface area contributed by atoms with Crippen LogP contribution in [0, 0.1) is 0 Å². The number of benzene rings is 4. The second kappa shape index (κ2) is 10.9. The Kier molecular flexibility index (Phi) is 7.34. The number of para-hydroxylation sites is 1. The van der Waals surface area contributed by atoms with Crippen LogP contribution in [-0.2, 0) is 11.0 Å². The van der Waals surface area contributed by atoms with E-state index in [1.165, 1.54) is 12.1 Å². The highest BCUT2D eigenvalue weighted by Crippen LogP contribution is 2.41. The minimum Gasteiger partial charge on any atom is -0.481 e. The number of carbonyl (C=O) groups excluding carboxylic acids is 1. The number of alkyl halides is 3. The summed E-state index contributed by atoms with van der Waals surface area (Å²) in [5.74, 6) is -0.517. The van der Waals surface area contributed by atoms with Gasteiger partial charge in [0.25, 0.3) is 0 Å². The number of halogens is 3. The molecule has 0 unspecified atom stereocenters. The highest BCUT2D eigenvalue weighted by molar-refractivity contribution is 6.13. The fourth-order valence-corrected chi connectivity index (χ4v) is 4.82. The van der Waals surface area contributed by atoms with Gasteiger partial charge in [0.05, 0.1) is 11.1 Å². The number of ether oxygens (including phenoxy) is 1. The second-order valence-electron chi connectivity index (χ2n) is 9.46. The standard InChI is InChI=1S/C32H25F3O5/c1-2-3-7-25(36)30-24-6-4-5-8-26(24)40-31(30)21-11-15-23-20(17-21)12-16-27(39-18-28(37)38)29(23)19-9-13-22(14-10-19)32(33,34)35/h4-6,8-17H,2-3,7,18H2,1H3,(H,37,38). The van der Waals surface area contributed by atoms with E-state index in [0.717, 1.165) is 30.4 Å². The largest absolute Gasteiger partial charge is 0.481 e. The number of unbranched alkanes of at least 4 members (excludes halogenated alkanes) is 1. The van der Waals surface area contributed by atoms with Gasteiger partial charge in [0, 0.05) is 22.9 Å². The molecule has 0 radical (unpaired) electrons. The Morgan fingerprint density at radius 2 is 1.62 bits per heavy atom. The number of carboxylic acid groups (broad SMARTS) is 1. The van der Waals surface area contributed by atoms with Crippen molar-refractivity contribution in [2.45, 2.75) is 32.4 Å². The van der Waals surface area contributed by atoms with Crippen molar-refractivity contribution in [3.63, 3.8) is 0 Å². The molecule has 1 N–H and O–H groups in total. The van der Waals surface area contributed by atoms with Crippen LogP contribution in [0.2, 0.25) is 0 Å². The van der Waals surface area contributed by atoms with E-state index in [1.54, 1.807) is 24.3 Å². The number of furan rings is 1. The normalized spacial score (nSPS) is 11.7. The third kappa shape index (κ3) is 5.30. The predicted molar refractivity (Wildman–Crippen MR) is 147 cm³/mol. The van der Waals surface area contributed by atoms with E-state index in [0.29, 0.717) is 50.8 Å². The number of carboxylic acids is 1. The first kappa shape index (κ1) is 27.0. The average molecular weight is 547 g/mol. The fraction of sp³-hybridized carbons (Fsp3) is 0.188. The number of ketones is 1. The van der Waals surface area contributed by atoms with Crippen molar-refractivity contribution in [2.24, 2.45) is 0 Å². The van der Waals surface area contributed by atoms with Crippen LogP contribution in [0.15, 0.2) is 83.3 Å². The van der Waals surface area contributed by atoms with Crippen LogP contribution >= 0.6 is 0 Å². The van der Waals surface area contributed by atoms with E-state index < -0.39 is 24.3 Å². The first-order valence-corrected chi connectivity index (χ1v) is 12.8. The lowest BCUT2D eigenvalue weighted by Gasteiger charge is -2.15. The van der Waals surface area contributed by atoms with E-state index in [-0.39, 0.29) is 11.5 Å². The molecule has 0 fully saturated rings. The van der Waals surface area contributed by atoms with E-state index in [9.17, 15) is 22.8 Å². The molecular weight excluding hydrogens is 521 g/mol. The van der Waals surface area contributed by atoms with Gasteiger partial charge in [-0.3, -0.25) is 4.79 Å². The Morgan fingerprint density at radius 1 is 0.900 bits per heavy atom. The number of aliphatic carboxylic acids is 1. The van der Waals surface area contributed by atoms with Crippen molar-refractivity contribution < 1.29 is 37.0 Å². The minimum atomic E-state index is -4.49. The lowest BCUT2D eigenvalue weighted by molar-refractivity contribution is -0.139. The first-order valence-electron chi connectivity index (χ1n) is 12.8. The maximum absolute atomic E-state index is 13.2. The van der Waals surface area contributed by atoms with Crippen molar-refractivity contribution in [1.29, 1.82) is 0 Å². The Morgan fingerprint density at radius 3 is 2.33 bits per heavy atom. The Bertz CT molecular complexity index is 1720. The highest BCUT2D eigenvalue weighted by Gasteiger charge is 2.30. The van der Waals surface area contributed by atoms with Crippen LogP contribution in [0.3, 0.4) is 0 Å². The summed E-state index contributed by atoms with van der Waals surface area (Å²) in [6.45, 7) is 1.41. The molecule has 0 atom stereocenters. The molecule has 8 heteroatoms. The number of hydrogen-bond acceptors (Lipinski definition) is 4. The molecule has 5 nitrogen and oxygen atoms in total. The minimum absolute atomic E-state index is 0.00948. The van der Waals surface area contributed by atoms with Crippen LogP contribution in [0.25, 0.3) is 44.2 Å². The summed E-state index contributed by atoms with van der Waals surface area (Å²) in [6.07, 6.45) is -2.46. The summed E-state index contributed by atoms with van der Waals surface area (Å²) in [5.41, 5.74) is 1.89. The average Bonchev–Trinajstić information content (AvgIpc) is 3.33. The molecule has 40 heavy (non-hydrogen) atoms. The van der Waals surface area contributed by atoms with Gasteiger partial charge in [0.1, 0.15) is 17.1 Å². The van der Waals surface area contributed by atoms with E-state index in [2.05, 4.69) is 0 Å². The van der Waals surface area contributed by atoms with Crippen LogP contribution < -0.4 is 4.74 Å². The van der Waals surface area contributed by atoms with Crippen LogP contribution in [-0.4, -0.2) is 23.5 Å². The van der Waals surface area contributed by atoms with Gasteiger partial charge in [-0.15, -0.1) is 0 Å². The quantitative estimate of drug-likeness (QED) is 0.187. The number of Topliss-reactive ketones (excluding diaryl/α,β-unsaturated/α-hetero) is 1. The topological polar surface area (TPSA) is 76.7 Å². The first-order chi connectivity index (χ1) is 19.2. The number of fused-ring (bicyclic) bond motifs is 2. The SMILES string of the molecule is CCCCC(=O)c1c(-c2ccc3c(-c4ccc(C(F)(F)F)cc4)c(OCC(=O)O)ccc3c2)oc2ccccc12. The molecule has 0 saturated carbocycles. The second-order valence-corrected chi connectivity index (χ2v) is 9.46. The maximum atomic E-state index is 13.2. The van der Waals surface area contributed by atoms with E-state index in [1.807, 2.05) is 37.3 Å². The molecular formula is C32H25F3O5. The Balaban J connectivity index is 1.66. The van der Waals surface area contributed by atoms with Crippen LogP contribution in [0.5, 0.6) is 5.75 Å². The molecule has 0 aliphatic heterocycles. The molecule has 5 aromatic rings. The number of hydrogen-bond donors (Lipinski definition) is 1. The Labute approximate surface area is 227 Å². The number of rotatable bonds is 9. The third-order valence-corrected chi connectivity index (χ3v) is 6.73. The molecule has 5 rings (SSSR count). The van der Waals surface area contributed by atoms with Gasteiger partial charge in [0.2, 0.25) is 0 Å². The lowest BCUT2D eigenvalue weighted by atomic mass is 9.93. The summed E-state index contributed by atoms with van der Waals surface area (Å²) in [7, 11) is 0. The molecule has 0 bridgehead atoms. The van der Waals surface area contributed by atoms with Gasteiger partial charge in [-0.2, -0.15) is 13.2 Å². The van der Waals surface area contributed by atoms with Gasteiger partial charge >= 0.3 is 12.1 Å². The van der Waals surface area contributed by atoms with Crippen molar-refractivity contribution >= 4 is 33.5 Å². The molecule has 0 aliphatic carbocycles. The predicted octanol–water partition coefficient (Wildman–Crippen LogP) is 8.78. The van der Waals surface area contributed by atoms with Crippen LogP contribution in [0.1, 0.15) is 42.1 Å². The molecule has 4 aromatic carbocycles. The summed E-state index contributed by atoms with van der Waals surface area (Å²) in [4.78, 5) is 24.4. The van der Waals surface area contributed by atoms with Crippen molar-refractivity contribution in [3.8, 4) is 28.2 Å². The summed E-state index contributed by atoms with van der Waals surface area (Å²) in [6, 6.07) is 20.7. The molecule has 0 saturated heterocycles. The Hall–Kier alpha value is -4.59. The summed E-state index contributed by atoms with van der Waals surface area (Å²) >= 11 is 0. The monoisotopic (exact) mass is 546 g/mol. The lowest BCUT2D eigenvalue weighted by Crippen LogP contribution is -2.10. The summed E-state index contributed by atoms with van der Waals surface area (Å²) in [5, 5.41) is 11.2. The smallest absolute Gasteiger partial charge is 0.416 e. The van der Waals surface area contributed by atoms with Gasteiger partial charge in [-0.25, -0.2) is 4.79 Å². The molecule has 204 valence electrons. The number of carbonyl (C=O) groups is 2. The highest BCUT2D eigenvalue weighted by atomic mass is 19.4. The molecule has 0 spiro atoms. The molecule has 0 amide bonds. The third-order valence-electron chi connectivity index (χ3n) is 6.73. The van der Waals surface area contributed by atoms with Crippen molar-refractivity contribution in [1.82, 2.24) is 0 Å². The van der Waals surface area contributed by atoms with Crippen molar-refractivity contribution in [3.05, 3.63) is 90.0 Å². The zero-order chi connectivity index (χ0) is 28.4. The van der Waals surface area contributed by atoms with Gasteiger partial charge < -0.3 is 14.3 Å². The van der Waals surface area contributed by atoms with Crippen molar-refractivity contribution in [2.75, 3.05) is 6.61 Å². The maximum Gasteiger partial charge on any atom is 0.416 e. The molecule has 1 aromatic heterocycles. The van der Waals surface area contributed by atoms with Gasteiger partial charge in [0.15, 0.2) is 12.4 Å². The van der Waals surface area contributed by atoms with Gasteiger partial charge in [-0.05, 0) is 53.1 Å². The zero-order valence-corrected chi connectivity index (χ0v) is 21.5. The van der Waals surface area contributed by atoms with E-state index in [4.69, 9.17) is 14.3 Å². The molecule has 0 aliphatic rings. The fourth-order valence-electron chi connectivity index (χ4n) is 4.82. The molecule has 1 heterocycles.